The maximum Gasteiger partial charge on any atom is 0.337 e. The van der Waals surface area contributed by atoms with Crippen molar-refractivity contribution >= 4 is 23.2 Å². The van der Waals surface area contributed by atoms with Gasteiger partial charge in [0.05, 0.1) is 12.1 Å². The molecule has 4 rings (SSSR count). The molecule has 1 aromatic heterocycles. The number of carboxylic acid groups (broad SMARTS) is 1. The van der Waals surface area contributed by atoms with Crippen molar-refractivity contribution in [2.24, 2.45) is 5.41 Å². The van der Waals surface area contributed by atoms with E-state index in [0.717, 1.165) is 46.4 Å². The number of fused-ring (bicyclic) bond motifs is 1. The molecule has 3 aromatic rings. The van der Waals surface area contributed by atoms with E-state index in [4.69, 9.17) is 4.74 Å². The summed E-state index contributed by atoms with van der Waals surface area (Å²) in [6.45, 7) is 9.12. The van der Waals surface area contributed by atoms with E-state index in [9.17, 15) is 14.7 Å². The van der Waals surface area contributed by atoms with Crippen LogP contribution in [0, 0.1) is 19.3 Å². The molecule has 1 amide bonds. The highest BCUT2D eigenvalue weighted by Crippen LogP contribution is 2.46. The Balaban J connectivity index is 1.44. The summed E-state index contributed by atoms with van der Waals surface area (Å²) in [7, 11) is 0. The summed E-state index contributed by atoms with van der Waals surface area (Å²) in [5.74, 6) is -0.277. The predicted molar refractivity (Wildman–Crippen MR) is 136 cm³/mol. The first kappa shape index (κ1) is 24.0. The molecular weight excluding hydrogens is 446 g/mol. The van der Waals surface area contributed by atoms with Gasteiger partial charge in [-0.15, -0.1) is 11.3 Å². The number of aromatic carboxylic acids is 1. The Kier molecular flexibility index (Phi) is 6.80. The number of carboxylic acids is 1. The van der Waals surface area contributed by atoms with Crippen LogP contribution in [0.25, 0.3) is 10.4 Å². The van der Waals surface area contributed by atoms with Crippen molar-refractivity contribution in [3.63, 3.8) is 0 Å². The second-order valence-corrected chi connectivity index (χ2v) is 10.9. The van der Waals surface area contributed by atoms with Crippen LogP contribution < -0.4 is 10.1 Å². The van der Waals surface area contributed by atoms with Gasteiger partial charge in [-0.1, -0.05) is 31.5 Å². The first-order valence-electron chi connectivity index (χ1n) is 11.6. The number of rotatable bonds is 7. The standard InChI is InChI=1S/C28H31NO4S/c1-17-5-7-19(8-6-17)26(30)29-13-14-33-20-9-10-21(18(2)15-20)25-24(27(31)32)22-16-28(3,4)12-11-23(22)34-25/h5-10,15H,11-14,16H2,1-4H3,(H,29,30)(H,31,32). The van der Waals surface area contributed by atoms with Gasteiger partial charge < -0.3 is 15.2 Å². The minimum atomic E-state index is -0.853. The third kappa shape index (κ3) is 5.17. The van der Waals surface area contributed by atoms with E-state index in [0.29, 0.717) is 30.0 Å². The Morgan fingerprint density at radius 2 is 1.85 bits per heavy atom. The van der Waals surface area contributed by atoms with Crippen LogP contribution in [0.15, 0.2) is 42.5 Å². The van der Waals surface area contributed by atoms with E-state index in [2.05, 4.69) is 19.2 Å². The molecule has 0 spiro atoms. The molecule has 0 bridgehead atoms. The quantitative estimate of drug-likeness (QED) is 0.406. The molecule has 5 nitrogen and oxygen atoms in total. The summed E-state index contributed by atoms with van der Waals surface area (Å²) in [4.78, 5) is 26.5. The van der Waals surface area contributed by atoms with Crippen LogP contribution >= 0.6 is 11.3 Å². The molecule has 6 heteroatoms. The number of carbonyl (C=O) groups is 2. The number of hydrogen-bond acceptors (Lipinski definition) is 4. The minimum Gasteiger partial charge on any atom is -0.492 e. The lowest BCUT2D eigenvalue weighted by Crippen LogP contribution is -2.28. The van der Waals surface area contributed by atoms with E-state index in [1.54, 1.807) is 11.3 Å². The zero-order valence-corrected chi connectivity index (χ0v) is 21.0. The summed E-state index contributed by atoms with van der Waals surface area (Å²) in [6.07, 6.45) is 2.81. The second kappa shape index (κ2) is 9.63. The SMILES string of the molecule is Cc1ccc(C(=O)NCCOc2ccc(-c3sc4c(c3C(=O)O)CC(C)(C)CC4)c(C)c2)cc1. The first-order valence-corrected chi connectivity index (χ1v) is 12.4. The molecule has 0 unspecified atom stereocenters. The molecule has 1 aliphatic carbocycles. The smallest absolute Gasteiger partial charge is 0.337 e. The van der Waals surface area contributed by atoms with Gasteiger partial charge in [0, 0.05) is 15.3 Å². The molecule has 1 heterocycles. The molecule has 1 aliphatic rings. The van der Waals surface area contributed by atoms with Crippen LogP contribution in [0.2, 0.25) is 0 Å². The zero-order valence-electron chi connectivity index (χ0n) is 20.2. The molecule has 0 saturated carbocycles. The maximum absolute atomic E-state index is 12.2. The number of benzene rings is 2. The van der Waals surface area contributed by atoms with Gasteiger partial charge in [-0.3, -0.25) is 4.79 Å². The summed E-state index contributed by atoms with van der Waals surface area (Å²) >= 11 is 1.62. The molecule has 2 aromatic carbocycles. The van der Waals surface area contributed by atoms with Crippen molar-refractivity contribution in [2.45, 2.75) is 47.0 Å². The number of thiophene rings is 1. The summed E-state index contributed by atoms with van der Waals surface area (Å²) in [5, 5.41) is 12.9. The molecule has 0 radical (unpaired) electrons. The number of aryl methyl sites for hydroxylation is 3. The van der Waals surface area contributed by atoms with Crippen LogP contribution in [0.1, 0.15) is 62.6 Å². The van der Waals surface area contributed by atoms with Crippen molar-refractivity contribution in [1.29, 1.82) is 0 Å². The Hall–Kier alpha value is -3.12. The predicted octanol–water partition coefficient (Wildman–Crippen LogP) is 6.05. The molecule has 0 saturated heterocycles. The molecule has 0 fully saturated rings. The van der Waals surface area contributed by atoms with Gasteiger partial charge in [-0.05, 0) is 85.5 Å². The molecule has 0 atom stereocenters. The highest BCUT2D eigenvalue weighted by molar-refractivity contribution is 7.16. The third-order valence-electron chi connectivity index (χ3n) is 6.40. The molecule has 0 aliphatic heterocycles. The van der Waals surface area contributed by atoms with Crippen molar-refractivity contribution in [1.82, 2.24) is 5.32 Å². The van der Waals surface area contributed by atoms with Crippen LogP contribution in [0.3, 0.4) is 0 Å². The Bertz CT molecular complexity index is 1220. The molecular formula is C28H31NO4S. The average Bonchev–Trinajstić information content (AvgIpc) is 3.14. The van der Waals surface area contributed by atoms with E-state index >= 15 is 0 Å². The Morgan fingerprint density at radius 3 is 2.53 bits per heavy atom. The first-order chi connectivity index (χ1) is 16.1. The van der Waals surface area contributed by atoms with Gasteiger partial charge in [0.1, 0.15) is 12.4 Å². The van der Waals surface area contributed by atoms with Gasteiger partial charge in [0.15, 0.2) is 0 Å². The number of amides is 1. The highest BCUT2D eigenvalue weighted by Gasteiger charge is 2.33. The number of ether oxygens (including phenoxy) is 1. The van der Waals surface area contributed by atoms with Gasteiger partial charge in [0.25, 0.3) is 5.91 Å². The minimum absolute atomic E-state index is 0.122. The fourth-order valence-electron chi connectivity index (χ4n) is 4.46. The lowest BCUT2D eigenvalue weighted by atomic mass is 9.76. The third-order valence-corrected chi connectivity index (χ3v) is 7.73. The number of hydrogen-bond donors (Lipinski definition) is 2. The van der Waals surface area contributed by atoms with E-state index in [1.165, 1.54) is 4.88 Å². The maximum atomic E-state index is 12.2. The normalized spacial score (nSPS) is 14.4. The largest absolute Gasteiger partial charge is 0.492 e. The summed E-state index contributed by atoms with van der Waals surface area (Å²) in [5.41, 5.74) is 5.24. The van der Waals surface area contributed by atoms with Crippen LogP contribution in [0.5, 0.6) is 5.75 Å². The second-order valence-electron chi connectivity index (χ2n) is 9.80. The fraction of sp³-hybridized carbons (Fsp3) is 0.357. The van der Waals surface area contributed by atoms with Crippen molar-refractivity contribution < 1.29 is 19.4 Å². The van der Waals surface area contributed by atoms with E-state index in [1.807, 2.05) is 56.3 Å². The molecule has 34 heavy (non-hydrogen) atoms. The van der Waals surface area contributed by atoms with Crippen LogP contribution in [-0.4, -0.2) is 30.1 Å². The summed E-state index contributed by atoms with van der Waals surface area (Å²) in [6, 6.07) is 13.2. The van der Waals surface area contributed by atoms with Crippen LogP contribution in [-0.2, 0) is 12.8 Å². The van der Waals surface area contributed by atoms with Gasteiger partial charge in [-0.2, -0.15) is 0 Å². The highest BCUT2D eigenvalue weighted by atomic mass is 32.1. The zero-order chi connectivity index (χ0) is 24.5. The lowest BCUT2D eigenvalue weighted by molar-refractivity contribution is 0.0695. The Morgan fingerprint density at radius 1 is 1.12 bits per heavy atom. The lowest BCUT2D eigenvalue weighted by Gasteiger charge is -2.29. The van der Waals surface area contributed by atoms with Crippen molar-refractivity contribution in [3.05, 3.63) is 75.2 Å². The fourth-order valence-corrected chi connectivity index (χ4v) is 5.86. The van der Waals surface area contributed by atoms with E-state index < -0.39 is 5.97 Å². The van der Waals surface area contributed by atoms with E-state index in [-0.39, 0.29) is 11.3 Å². The number of carbonyl (C=O) groups excluding carboxylic acids is 1. The van der Waals surface area contributed by atoms with Crippen molar-refractivity contribution in [2.75, 3.05) is 13.2 Å². The topological polar surface area (TPSA) is 75.6 Å². The van der Waals surface area contributed by atoms with Crippen LogP contribution in [0.4, 0.5) is 0 Å². The summed E-state index contributed by atoms with van der Waals surface area (Å²) < 4.78 is 5.84. The van der Waals surface area contributed by atoms with Gasteiger partial charge >= 0.3 is 5.97 Å². The van der Waals surface area contributed by atoms with Crippen molar-refractivity contribution in [3.8, 4) is 16.2 Å². The molecule has 178 valence electrons. The average molecular weight is 478 g/mol. The monoisotopic (exact) mass is 477 g/mol. The number of nitrogens with one attached hydrogen (secondary N) is 1. The van der Waals surface area contributed by atoms with Gasteiger partial charge in [0.2, 0.25) is 0 Å². The van der Waals surface area contributed by atoms with Gasteiger partial charge in [-0.25, -0.2) is 4.79 Å². The Labute approximate surface area is 204 Å². The molecule has 2 N–H and O–H groups in total.